The molecule has 1 aromatic rings. The molecule has 0 spiro atoms. The van der Waals surface area contributed by atoms with Gasteiger partial charge in [-0.1, -0.05) is 28.8 Å². The van der Waals surface area contributed by atoms with Crippen LogP contribution >= 0.6 is 15.9 Å². The second kappa shape index (κ2) is 8.50. The molecule has 0 aromatic heterocycles. The second-order valence-electron chi connectivity index (χ2n) is 6.26. The predicted molar refractivity (Wildman–Crippen MR) is 85.4 cm³/mol. The van der Waals surface area contributed by atoms with E-state index in [1.807, 2.05) is 0 Å². The van der Waals surface area contributed by atoms with Crippen LogP contribution in [0.5, 0.6) is 5.75 Å². The van der Waals surface area contributed by atoms with Crippen LogP contribution in [0.1, 0.15) is 56.4 Å². The normalized spacial score (nSPS) is 21.8. The van der Waals surface area contributed by atoms with Crippen molar-refractivity contribution in [3.05, 3.63) is 29.3 Å². The number of hydrogen-bond acceptors (Lipinski definition) is 1. The Morgan fingerprint density at radius 3 is 2.08 bits per heavy atom. The van der Waals surface area contributed by atoms with Crippen LogP contribution in [-0.2, 0) is 0 Å². The summed E-state index contributed by atoms with van der Waals surface area (Å²) in [6.07, 6.45) is 1.91. The van der Waals surface area contributed by atoms with Gasteiger partial charge in [-0.2, -0.15) is 0 Å². The fraction of sp³-hybridized carbons (Fsp3) is 0.647. The third kappa shape index (κ3) is 5.60. The van der Waals surface area contributed by atoms with Gasteiger partial charge in [0, 0.05) is 5.33 Å². The average molecular weight is 415 g/mol. The van der Waals surface area contributed by atoms with Crippen LogP contribution in [0.15, 0.2) is 12.1 Å². The molecule has 1 aliphatic carbocycles. The molecule has 0 aliphatic heterocycles. The van der Waals surface area contributed by atoms with E-state index >= 15 is 0 Å². The molecule has 2 rings (SSSR count). The van der Waals surface area contributed by atoms with Gasteiger partial charge in [0.15, 0.2) is 11.6 Å². The lowest BCUT2D eigenvalue weighted by molar-refractivity contribution is -0.276. The lowest BCUT2D eigenvalue weighted by atomic mass is 9.77. The van der Waals surface area contributed by atoms with Gasteiger partial charge in [-0.3, -0.25) is 0 Å². The van der Waals surface area contributed by atoms with E-state index in [4.69, 9.17) is 0 Å². The molecule has 0 radical (unpaired) electrons. The summed E-state index contributed by atoms with van der Waals surface area (Å²) in [5.74, 6) is -3.37. The van der Waals surface area contributed by atoms with Crippen LogP contribution in [0.25, 0.3) is 0 Å². The minimum atomic E-state index is -5.11. The van der Waals surface area contributed by atoms with Crippen LogP contribution in [0.2, 0.25) is 0 Å². The van der Waals surface area contributed by atoms with Crippen LogP contribution in [0.4, 0.5) is 22.0 Å². The van der Waals surface area contributed by atoms with E-state index in [-0.39, 0.29) is 5.92 Å². The van der Waals surface area contributed by atoms with Crippen molar-refractivity contribution < 1.29 is 26.7 Å². The van der Waals surface area contributed by atoms with Gasteiger partial charge in [-0.25, -0.2) is 8.78 Å². The number of hydrogen-bond donors (Lipinski definition) is 0. The number of alkyl halides is 4. The quantitative estimate of drug-likeness (QED) is 0.285. The van der Waals surface area contributed by atoms with Gasteiger partial charge < -0.3 is 4.74 Å². The van der Waals surface area contributed by atoms with Gasteiger partial charge in [0.2, 0.25) is 5.75 Å². The average Bonchev–Trinajstić information content (AvgIpc) is 2.51. The molecule has 7 heteroatoms. The first-order chi connectivity index (χ1) is 11.3. The second-order valence-corrected chi connectivity index (χ2v) is 7.06. The molecule has 24 heavy (non-hydrogen) atoms. The summed E-state index contributed by atoms with van der Waals surface area (Å²) in [7, 11) is 0. The fourth-order valence-electron chi connectivity index (χ4n) is 3.34. The van der Waals surface area contributed by atoms with E-state index in [0.717, 1.165) is 62.4 Å². The van der Waals surface area contributed by atoms with Crippen molar-refractivity contribution in [1.82, 2.24) is 0 Å². The molecule has 1 fully saturated rings. The van der Waals surface area contributed by atoms with Gasteiger partial charge in [-0.15, -0.1) is 13.2 Å². The molecular formula is C17H20BrF5O. The first-order valence-corrected chi connectivity index (χ1v) is 9.23. The molecule has 1 saturated carbocycles. The Kier molecular flexibility index (Phi) is 6.89. The third-order valence-corrected chi connectivity index (χ3v) is 5.11. The summed E-state index contributed by atoms with van der Waals surface area (Å²) < 4.78 is 67.5. The molecular weight excluding hydrogens is 395 g/mol. The highest BCUT2D eigenvalue weighted by atomic mass is 79.9. The fourth-order valence-corrected chi connectivity index (χ4v) is 3.74. The highest BCUT2D eigenvalue weighted by Gasteiger charge is 2.34. The highest BCUT2D eigenvalue weighted by molar-refractivity contribution is 9.09. The maximum atomic E-state index is 13.8. The van der Waals surface area contributed by atoms with E-state index in [1.165, 1.54) is 0 Å². The first kappa shape index (κ1) is 19.5. The molecule has 1 aliphatic rings. The molecule has 1 nitrogen and oxygen atoms in total. The van der Waals surface area contributed by atoms with Gasteiger partial charge in [0.05, 0.1) is 0 Å². The maximum absolute atomic E-state index is 13.8. The Hall–Kier alpha value is -0.850. The van der Waals surface area contributed by atoms with E-state index in [0.29, 0.717) is 11.5 Å². The van der Waals surface area contributed by atoms with Crippen molar-refractivity contribution in [3.8, 4) is 5.75 Å². The van der Waals surface area contributed by atoms with E-state index < -0.39 is 23.7 Å². The van der Waals surface area contributed by atoms with Crippen molar-refractivity contribution in [1.29, 1.82) is 0 Å². The van der Waals surface area contributed by atoms with E-state index in [2.05, 4.69) is 20.7 Å². The SMILES string of the molecule is Fc1cc([C@H]2CC[C@H](CCCCBr)CC2)cc(F)c1OC(F)(F)F. The number of rotatable bonds is 6. The lowest BCUT2D eigenvalue weighted by Crippen LogP contribution is -2.19. The number of ether oxygens (including phenoxy) is 1. The summed E-state index contributed by atoms with van der Waals surface area (Å²) in [4.78, 5) is 0. The highest BCUT2D eigenvalue weighted by Crippen LogP contribution is 2.40. The molecule has 1 aromatic carbocycles. The van der Waals surface area contributed by atoms with Gasteiger partial charge in [-0.05, 0) is 61.6 Å². The largest absolute Gasteiger partial charge is 0.573 e. The minimum absolute atomic E-state index is 0.0126. The molecule has 0 bridgehead atoms. The van der Waals surface area contributed by atoms with Crippen molar-refractivity contribution in [3.63, 3.8) is 0 Å². The van der Waals surface area contributed by atoms with Gasteiger partial charge >= 0.3 is 6.36 Å². The zero-order valence-corrected chi connectivity index (χ0v) is 14.7. The topological polar surface area (TPSA) is 9.23 Å². The van der Waals surface area contributed by atoms with Crippen molar-refractivity contribution in [2.45, 2.75) is 57.2 Å². The lowest BCUT2D eigenvalue weighted by Gasteiger charge is -2.29. The predicted octanol–water partition coefficient (Wildman–Crippen LogP) is 6.70. The molecule has 0 atom stereocenters. The number of halogens is 6. The van der Waals surface area contributed by atoms with Crippen LogP contribution in [0, 0.1) is 17.6 Å². The van der Waals surface area contributed by atoms with Crippen LogP contribution in [-0.4, -0.2) is 11.7 Å². The van der Waals surface area contributed by atoms with E-state index in [1.54, 1.807) is 0 Å². The zero-order chi connectivity index (χ0) is 17.7. The first-order valence-electron chi connectivity index (χ1n) is 8.11. The van der Waals surface area contributed by atoms with Crippen molar-refractivity contribution in [2.24, 2.45) is 5.92 Å². The molecule has 0 heterocycles. The maximum Gasteiger partial charge on any atom is 0.573 e. The van der Waals surface area contributed by atoms with Crippen LogP contribution < -0.4 is 4.74 Å². The summed E-state index contributed by atoms with van der Waals surface area (Å²) in [5.41, 5.74) is 0.415. The molecule has 0 N–H and O–H groups in total. The Morgan fingerprint density at radius 2 is 1.58 bits per heavy atom. The smallest absolute Gasteiger partial charge is 0.399 e. The minimum Gasteiger partial charge on any atom is -0.399 e. The zero-order valence-electron chi connectivity index (χ0n) is 13.1. The Bertz CT molecular complexity index is 515. The van der Waals surface area contributed by atoms with Gasteiger partial charge in [0.1, 0.15) is 0 Å². The van der Waals surface area contributed by atoms with Gasteiger partial charge in [0.25, 0.3) is 0 Å². The van der Waals surface area contributed by atoms with Crippen molar-refractivity contribution >= 4 is 15.9 Å². The summed E-state index contributed by atoms with van der Waals surface area (Å²) in [6.45, 7) is 0. The summed E-state index contributed by atoms with van der Waals surface area (Å²) >= 11 is 3.40. The Balaban J connectivity index is 1.99. The third-order valence-electron chi connectivity index (χ3n) is 4.55. The summed E-state index contributed by atoms with van der Waals surface area (Å²) in [6, 6.07) is 1.94. The van der Waals surface area contributed by atoms with E-state index in [9.17, 15) is 22.0 Å². The summed E-state index contributed by atoms with van der Waals surface area (Å²) in [5, 5.41) is 0.993. The molecule has 136 valence electrons. The molecule has 0 saturated heterocycles. The number of unbranched alkanes of at least 4 members (excludes halogenated alkanes) is 1. The van der Waals surface area contributed by atoms with Crippen LogP contribution in [0.3, 0.4) is 0 Å². The Morgan fingerprint density at radius 1 is 1.00 bits per heavy atom. The Labute approximate surface area is 146 Å². The monoisotopic (exact) mass is 414 g/mol. The standard InChI is InChI=1S/C17H20BrF5O/c18-8-2-1-3-11-4-6-12(7-5-11)13-9-14(19)16(15(20)10-13)24-17(21,22)23/h9-12H,1-8H2/t11-,12-. The molecule has 0 unspecified atom stereocenters. The van der Waals surface area contributed by atoms with Crippen molar-refractivity contribution in [2.75, 3.05) is 5.33 Å². The molecule has 0 amide bonds. The number of benzene rings is 1.